The number of esters is 1. The van der Waals surface area contributed by atoms with Crippen LogP contribution in [0.4, 0.5) is 4.39 Å². The Kier molecular flexibility index (Phi) is 14.1. The Morgan fingerprint density at radius 2 is 1.94 bits per heavy atom. The number of aryl methyl sites for hydroxylation is 1. The summed E-state index contributed by atoms with van der Waals surface area (Å²) in [6.45, 7) is 7.61. The van der Waals surface area contributed by atoms with Crippen molar-refractivity contribution in [3.63, 3.8) is 0 Å². The number of aromatic nitrogens is 2. The maximum atomic E-state index is 13.5. The Hall–Kier alpha value is -3.03. The molecule has 1 unspecified atom stereocenters. The van der Waals surface area contributed by atoms with Crippen LogP contribution in [0.25, 0.3) is 0 Å². The quantitative estimate of drug-likeness (QED) is 0.400. The van der Waals surface area contributed by atoms with Crippen molar-refractivity contribution in [3.8, 4) is 0 Å². The molecule has 0 spiro atoms. The van der Waals surface area contributed by atoms with E-state index in [1.165, 1.54) is 44.7 Å². The highest BCUT2D eigenvalue weighted by Gasteiger charge is 2.17. The molecule has 0 radical (unpaired) electrons. The average Bonchev–Trinajstić information content (AvgIpc) is 3.48. The fourth-order valence-electron chi connectivity index (χ4n) is 3.55. The molecular weight excluding hydrogens is 437 g/mol. The zero-order chi connectivity index (χ0) is 25.3. The number of ether oxygens (including phenoxy) is 1. The number of aldehydes is 1. The van der Waals surface area contributed by atoms with E-state index in [1.54, 1.807) is 19.1 Å². The summed E-state index contributed by atoms with van der Waals surface area (Å²) in [6.07, 6.45) is 8.76. The van der Waals surface area contributed by atoms with E-state index >= 15 is 0 Å². The molecular formula is C26H38FN3O4. The summed E-state index contributed by atoms with van der Waals surface area (Å²) >= 11 is 0. The van der Waals surface area contributed by atoms with E-state index in [0.29, 0.717) is 18.4 Å². The standard InChI is InChI=1S/C18H22FN3O3.C6H12.C2H4O/c1-3-25-18(24)16-11-15(21-22-16)17(23)20-12(2)7-6-9-13-8-4-5-10-14(13)19;1-6-4-2-3-5-6;1-2-3/h4-5,8,10-12H,3,6-7,9H2,1-2H3,(H,20,23)(H,21,22);6H,2-5H2,1H3;2H,1H3. The van der Waals surface area contributed by atoms with Gasteiger partial charge in [0, 0.05) is 12.1 Å². The van der Waals surface area contributed by atoms with Crippen LogP contribution < -0.4 is 5.32 Å². The second-order valence-corrected chi connectivity index (χ2v) is 8.37. The molecule has 7 nitrogen and oxygen atoms in total. The molecule has 8 heteroatoms. The van der Waals surface area contributed by atoms with Crippen LogP contribution in [0.5, 0.6) is 0 Å². The smallest absolute Gasteiger partial charge is 0.356 e. The molecule has 0 saturated heterocycles. The SMILES string of the molecule is CC1CCCC1.CC=O.CCOC(=O)c1cc(C(=O)NC(C)CCCc2ccccc2F)n[nH]1. The lowest BCUT2D eigenvalue weighted by molar-refractivity contribution is -0.106. The molecule has 1 atom stereocenters. The van der Waals surface area contributed by atoms with Crippen molar-refractivity contribution < 1.29 is 23.5 Å². The largest absolute Gasteiger partial charge is 0.461 e. The molecule has 3 rings (SSSR count). The summed E-state index contributed by atoms with van der Waals surface area (Å²) in [7, 11) is 0. The summed E-state index contributed by atoms with van der Waals surface area (Å²) in [6, 6.07) is 7.94. The van der Waals surface area contributed by atoms with Gasteiger partial charge in [0.25, 0.3) is 5.91 Å². The maximum Gasteiger partial charge on any atom is 0.356 e. The van der Waals surface area contributed by atoms with Crippen molar-refractivity contribution in [1.82, 2.24) is 15.5 Å². The van der Waals surface area contributed by atoms with E-state index in [2.05, 4.69) is 22.4 Å². The number of halogens is 1. The van der Waals surface area contributed by atoms with Gasteiger partial charge in [0.05, 0.1) is 6.61 Å². The number of amides is 1. The first-order valence-corrected chi connectivity index (χ1v) is 12.0. The number of hydrogen-bond donors (Lipinski definition) is 2. The number of nitrogens with one attached hydrogen (secondary N) is 2. The molecule has 1 aromatic heterocycles. The highest BCUT2D eigenvalue weighted by Crippen LogP contribution is 2.23. The van der Waals surface area contributed by atoms with Gasteiger partial charge in [0.2, 0.25) is 0 Å². The normalized spacial score (nSPS) is 13.6. The summed E-state index contributed by atoms with van der Waals surface area (Å²) in [4.78, 5) is 32.5. The van der Waals surface area contributed by atoms with Gasteiger partial charge >= 0.3 is 5.97 Å². The molecule has 1 fully saturated rings. The Balaban J connectivity index is 0.000000539. The van der Waals surface area contributed by atoms with Crippen LogP contribution in [0.1, 0.15) is 92.8 Å². The number of H-pyrrole nitrogens is 1. The molecule has 34 heavy (non-hydrogen) atoms. The average molecular weight is 476 g/mol. The van der Waals surface area contributed by atoms with Gasteiger partial charge in [0.15, 0.2) is 5.69 Å². The minimum absolute atomic E-state index is 0.0954. The fraction of sp³-hybridized carbons (Fsp3) is 0.538. The van der Waals surface area contributed by atoms with Gasteiger partial charge in [-0.05, 0) is 57.6 Å². The summed E-state index contributed by atoms with van der Waals surface area (Å²) in [5, 5.41) is 9.13. The van der Waals surface area contributed by atoms with Gasteiger partial charge in [-0.3, -0.25) is 9.89 Å². The van der Waals surface area contributed by atoms with Crippen LogP contribution >= 0.6 is 0 Å². The van der Waals surface area contributed by atoms with Crippen molar-refractivity contribution in [1.29, 1.82) is 0 Å². The zero-order valence-electron chi connectivity index (χ0n) is 20.7. The molecule has 188 valence electrons. The van der Waals surface area contributed by atoms with Crippen molar-refractivity contribution >= 4 is 18.2 Å². The van der Waals surface area contributed by atoms with Crippen LogP contribution in [0.15, 0.2) is 30.3 Å². The first-order chi connectivity index (χ1) is 16.3. The van der Waals surface area contributed by atoms with Gasteiger partial charge in [0.1, 0.15) is 17.8 Å². The van der Waals surface area contributed by atoms with E-state index in [1.807, 2.05) is 13.0 Å². The molecule has 1 amide bonds. The number of hydrogen-bond acceptors (Lipinski definition) is 5. The molecule has 1 saturated carbocycles. The highest BCUT2D eigenvalue weighted by molar-refractivity contribution is 5.95. The molecule has 1 aliphatic rings. The van der Waals surface area contributed by atoms with Crippen LogP contribution in [0.2, 0.25) is 0 Å². The predicted octanol–water partition coefficient (Wildman–Crippen LogP) is 5.27. The molecule has 1 aromatic carbocycles. The third-order valence-electron chi connectivity index (χ3n) is 5.37. The molecule has 1 aliphatic carbocycles. The number of carbonyl (C=O) groups excluding carboxylic acids is 3. The summed E-state index contributed by atoms with van der Waals surface area (Å²) in [5.74, 6) is -0.0793. The Morgan fingerprint density at radius 3 is 2.50 bits per heavy atom. The number of benzene rings is 1. The number of carbonyl (C=O) groups is 3. The van der Waals surface area contributed by atoms with E-state index < -0.39 is 5.97 Å². The van der Waals surface area contributed by atoms with E-state index in [9.17, 15) is 14.0 Å². The van der Waals surface area contributed by atoms with Crippen molar-refractivity contribution in [2.75, 3.05) is 6.61 Å². The number of nitrogens with zero attached hydrogens (tertiary/aromatic N) is 1. The number of aromatic amines is 1. The first kappa shape index (κ1) is 29.0. The predicted molar refractivity (Wildman–Crippen MR) is 130 cm³/mol. The topological polar surface area (TPSA) is 101 Å². The lowest BCUT2D eigenvalue weighted by Gasteiger charge is -2.13. The minimum atomic E-state index is -0.549. The van der Waals surface area contributed by atoms with E-state index in [4.69, 9.17) is 9.53 Å². The minimum Gasteiger partial charge on any atom is -0.461 e. The zero-order valence-corrected chi connectivity index (χ0v) is 20.7. The fourth-order valence-corrected chi connectivity index (χ4v) is 3.55. The molecule has 0 bridgehead atoms. The lowest BCUT2D eigenvalue weighted by Crippen LogP contribution is -2.32. The van der Waals surface area contributed by atoms with Crippen LogP contribution in [-0.4, -0.2) is 41.0 Å². The highest BCUT2D eigenvalue weighted by atomic mass is 19.1. The van der Waals surface area contributed by atoms with Gasteiger partial charge in [-0.25, -0.2) is 9.18 Å². The van der Waals surface area contributed by atoms with E-state index in [0.717, 1.165) is 18.6 Å². The lowest BCUT2D eigenvalue weighted by atomic mass is 10.0. The van der Waals surface area contributed by atoms with Gasteiger partial charge in [-0.2, -0.15) is 5.10 Å². The molecule has 1 heterocycles. The van der Waals surface area contributed by atoms with Crippen LogP contribution in [-0.2, 0) is 16.0 Å². The Bertz CT molecular complexity index is 878. The van der Waals surface area contributed by atoms with Gasteiger partial charge in [-0.1, -0.05) is 50.8 Å². The third-order valence-corrected chi connectivity index (χ3v) is 5.37. The second kappa shape index (κ2) is 16.6. The van der Waals surface area contributed by atoms with E-state index in [-0.39, 0.29) is 35.8 Å². The Labute approximate surface area is 201 Å². The molecule has 2 N–H and O–H groups in total. The monoisotopic (exact) mass is 475 g/mol. The van der Waals surface area contributed by atoms with Gasteiger partial charge < -0.3 is 14.8 Å². The first-order valence-electron chi connectivity index (χ1n) is 12.0. The van der Waals surface area contributed by atoms with Crippen molar-refractivity contribution in [2.45, 2.75) is 78.7 Å². The van der Waals surface area contributed by atoms with Gasteiger partial charge in [-0.15, -0.1) is 0 Å². The second-order valence-electron chi connectivity index (χ2n) is 8.37. The van der Waals surface area contributed by atoms with Crippen molar-refractivity contribution in [3.05, 3.63) is 53.1 Å². The third kappa shape index (κ3) is 11.2. The summed E-state index contributed by atoms with van der Waals surface area (Å²) < 4.78 is 18.4. The number of rotatable bonds is 8. The summed E-state index contributed by atoms with van der Waals surface area (Å²) in [5.41, 5.74) is 0.940. The van der Waals surface area contributed by atoms with Crippen molar-refractivity contribution in [2.24, 2.45) is 5.92 Å². The van der Waals surface area contributed by atoms with Crippen LogP contribution in [0, 0.1) is 11.7 Å². The maximum absolute atomic E-state index is 13.5. The van der Waals surface area contributed by atoms with Crippen LogP contribution in [0.3, 0.4) is 0 Å². The molecule has 2 aromatic rings. The molecule has 0 aliphatic heterocycles. The Morgan fingerprint density at radius 1 is 1.29 bits per heavy atom.